The first-order chi connectivity index (χ1) is 7.79. The third kappa shape index (κ3) is 2.43. The van der Waals surface area contributed by atoms with E-state index >= 15 is 0 Å². The Kier molecular flexibility index (Phi) is 3.25. The van der Waals surface area contributed by atoms with Crippen LogP contribution in [0.5, 0.6) is 0 Å². The van der Waals surface area contributed by atoms with Crippen LogP contribution >= 0.6 is 11.8 Å². The fraction of sp³-hybridized carbons (Fsp3) is 0.222. The number of nitrogens with one attached hydrogen (secondary N) is 1. The van der Waals surface area contributed by atoms with Crippen LogP contribution in [0, 0.1) is 0 Å². The minimum absolute atomic E-state index is 0.186. The largest absolute Gasteiger partial charge is 0.468 e. The molecule has 0 aliphatic carbocycles. The van der Waals surface area contributed by atoms with Crippen molar-refractivity contribution in [2.75, 3.05) is 12.9 Å². The highest BCUT2D eigenvalue weighted by Crippen LogP contribution is 2.19. The normalized spacial score (nSPS) is 10.3. The van der Waals surface area contributed by atoms with Crippen LogP contribution in [0.2, 0.25) is 0 Å². The summed E-state index contributed by atoms with van der Waals surface area (Å²) in [4.78, 5) is 15.0. The number of aromatic nitrogens is 3. The number of methoxy groups -OCH3 is 1. The standard InChI is InChI=1S/C9H9N3O3S/c1-14-7(13)5-16-9-10-8(11-12-9)6-3-2-4-15-6/h2-4H,5H2,1H3,(H,10,11,12). The topological polar surface area (TPSA) is 81.0 Å². The second-order valence-corrected chi connectivity index (χ2v) is 3.75. The summed E-state index contributed by atoms with van der Waals surface area (Å²) in [5.74, 6) is 1.02. The van der Waals surface area contributed by atoms with Gasteiger partial charge >= 0.3 is 5.97 Å². The van der Waals surface area contributed by atoms with Gasteiger partial charge in [0.15, 0.2) is 11.6 Å². The molecule has 0 unspecified atom stereocenters. The number of rotatable bonds is 4. The highest BCUT2D eigenvalue weighted by molar-refractivity contribution is 7.99. The SMILES string of the molecule is COC(=O)CSc1n[nH]c(-c2ccco2)n1. The highest BCUT2D eigenvalue weighted by Gasteiger charge is 2.09. The van der Waals surface area contributed by atoms with Crippen LogP contribution < -0.4 is 0 Å². The molecule has 7 heteroatoms. The molecule has 2 rings (SSSR count). The maximum atomic E-state index is 10.9. The summed E-state index contributed by atoms with van der Waals surface area (Å²) < 4.78 is 9.65. The number of carbonyl (C=O) groups excluding carboxylic acids is 1. The third-order valence-corrected chi connectivity index (χ3v) is 2.59. The van der Waals surface area contributed by atoms with Crippen molar-refractivity contribution in [3.63, 3.8) is 0 Å². The number of hydrogen-bond acceptors (Lipinski definition) is 6. The molecule has 0 spiro atoms. The van der Waals surface area contributed by atoms with Gasteiger partial charge in [-0.3, -0.25) is 9.89 Å². The predicted molar refractivity (Wildman–Crippen MR) is 56.8 cm³/mol. The zero-order chi connectivity index (χ0) is 11.4. The molecule has 0 aliphatic heterocycles. The molecule has 0 atom stereocenters. The number of furan rings is 1. The molecule has 6 nitrogen and oxygen atoms in total. The minimum Gasteiger partial charge on any atom is -0.468 e. The molecule has 84 valence electrons. The fourth-order valence-electron chi connectivity index (χ4n) is 1.02. The lowest BCUT2D eigenvalue weighted by molar-refractivity contribution is -0.137. The summed E-state index contributed by atoms with van der Waals surface area (Å²) in [5.41, 5.74) is 0. The van der Waals surface area contributed by atoms with Crippen LogP contribution in [-0.2, 0) is 9.53 Å². The molecule has 0 saturated carbocycles. The van der Waals surface area contributed by atoms with Gasteiger partial charge in [-0.2, -0.15) is 4.98 Å². The van der Waals surface area contributed by atoms with Gasteiger partial charge in [-0.25, -0.2) is 0 Å². The van der Waals surface area contributed by atoms with Gasteiger partial charge in [0.1, 0.15) is 0 Å². The van der Waals surface area contributed by atoms with Gasteiger partial charge in [0.25, 0.3) is 0 Å². The van der Waals surface area contributed by atoms with Gasteiger partial charge in [-0.1, -0.05) is 11.8 Å². The second-order valence-electron chi connectivity index (χ2n) is 2.81. The molecule has 0 amide bonds. The molecule has 1 N–H and O–H groups in total. The maximum absolute atomic E-state index is 10.9. The Bertz CT molecular complexity index is 466. The first-order valence-electron chi connectivity index (χ1n) is 4.45. The molecule has 2 aromatic heterocycles. The summed E-state index contributed by atoms with van der Waals surface area (Å²) >= 11 is 1.20. The number of ether oxygens (including phenoxy) is 1. The molecule has 0 radical (unpaired) electrons. The predicted octanol–water partition coefficient (Wildman–Crippen LogP) is 1.33. The Balaban J connectivity index is 2.00. The minimum atomic E-state index is -0.311. The Morgan fingerprint density at radius 2 is 2.56 bits per heavy atom. The Morgan fingerprint density at radius 3 is 3.25 bits per heavy atom. The molecule has 0 aromatic carbocycles. The van der Waals surface area contributed by atoms with E-state index in [1.807, 2.05) is 0 Å². The van der Waals surface area contributed by atoms with Crippen molar-refractivity contribution in [1.82, 2.24) is 15.2 Å². The van der Waals surface area contributed by atoms with Crippen LogP contribution in [-0.4, -0.2) is 34.0 Å². The molecular formula is C9H9N3O3S. The number of thioether (sulfide) groups is 1. The lowest BCUT2D eigenvalue weighted by atomic mass is 10.4. The third-order valence-electron chi connectivity index (χ3n) is 1.77. The van der Waals surface area contributed by atoms with Crippen molar-refractivity contribution < 1.29 is 13.9 Å². The zero-order valence-electron chi connectivity index (χ0n) is 8.47. The molecule has 16 heavy (non-hydrogen) atoms. The van der Waals surface area contributed by atoms with E-state index in [2.05, 4.69) is 19.9 Å². The van der Waals surface area contributed by atoms with E-state index < -0.39 is 0 Å². The van der Waals surface area contributed by atoms with Gasteiger partial charge < -0.3 is 9.15 Å². The quantitative estimate of drug-likeness (QED) is 0.640. The average molecular weight is 239 g/mol. The van der Waals surface area contributed by atoms with Crippen molar-refractivity contribution in [3.8, 4) is 11.6 Å². The summed E-state index contributed by atoms with van der Waals surface area (Å²) in [5, 5.41) is 7.14. The van der Waals surface area contributed by atoms with Crippen LogP contribution in [0.3, 0.4) is 0 Å². The number of carbonyl (C=O) groups is 1. The summed E-state index contributed by atoms with van der Waals surface area (Å²) in [6.07, 6.45) is 1.55. The van der Waals surface area contributed by atoms with E-state index in [4.69, 9.17) is 4.42 Å². The van der Waals surface area contributed by atoms with E-state index in [0.717, 1.165) is 0 Å². The van der Waals surface area contributed by atoms with Crippen molar-refractivity contribution in [1.29, 1.82) is 0 Å². The lowest BCUT2D eigenvalue weighted by Crippen LogP contribution is -2.03. The van der Waals surface area contributed by atoms with Gasteiger partial charge in [-0.05, 0) is 12.1 Å². The molecule has 2 heterocycles. The zero-order valence-corrected chi connectivity index (χ0v) is 9.28. The van der Waals surface area contributed by atoms with Crippen LogP contribution in [0.4, 0.5) is 0 Å². The van der Waals surface area contributed by atoms with Crippen molar-refractivity contribution >= 4 is 17.7 Å². The molecule has 2 aromatic rings. The Hall–Kier alpha value is -1.76. The first-order valence-corrected chi connectivity index (χ1v) is 5.44. The number of aromatic amines is 1. The highest BCUT2D eigenvalue weighted by atomic mass is 32.2. The van der Waals surface area contributed by atoms with Crippen molar-refractivity contribution in [3.05, 3.63) is 18.4 Å². The summed E-state index contributed by atoms with van der Waals surface area (Å²) in [6, 6.07) is 3.54. The maximum Gasteiger partial charge on any atom is 0.316 e. The van der Waals surface area contributed by atoms with Gasteiger partial charge in [-0.15, -0.1) is 5.10 Å². The Morgan fingerprint density at radius 1 is 1.69 bits per heavy atom. The average Bonchev–Trinajstić information content (AvgIpc) is 2.95. The number of esters is 1. The Labute approximate surface area is 95.4 Å². The number of hydrogen-bond donors (Lipinski definition) is 1. The van der Waals surface area contributed by atoms with E-state index in [1.54, 1.807) is 18.4 Å². The van der Waals surface area contributed by atoms with Gasteiger partial charge in [0.05, 0.1) is 19.1 Å². The van der Waals surface area contributed by atoms with E-state index in [1.165, 1.54) is 18.9 Å². The van der Waals surface area contributed by atoms with Gasteiger partial charge in [0, 0.05) is 0 Å². The summed E-state index contributed by atoms with van der Waals surface area (Å²) in [7, 11) is 1.34. The smallest absolute Gasteiger partial charge is 0.316 e. The molecule has 0 saturated heterocycles. The first kappa shape index (κ1) is 10.7. The summed E-state index contributed by atoms with van der Waals surface area (Å²) in [6.45, 7) is 0. The van der Waals surface area contributed by atoms with Gasteiger partial charge in [0.2, 0.25) is 5.16 Å². The van der Waals surface area contributed by atoms with Crippen LogP contribution in [0.25, 0.3) is 11.6 Å². The van der Waals surface area contributed by atoms with E-state index in [0.29, 0.717) is 16.7 Å². The molecular weight excluding hydrogens is 230 g/mol. The van der Waals surface area contributed by atoms with Crippen molar-refractivity contribution in [2.24, 2.45) is 0 Å². The number of H-pyrrole nitrogens is 1. The lowest BCUT2D eigenvalue weighted by Gasteiger charge is -1.94. The second kappa shape index (κ2) is 4.84. The van der Waals surface area contributed by atoms with E-state index in [-0.39, 0.29) is 11.7 Å². The molecule has 0 aliphatic rings. The fourth-order valence-corrected chi connectivity index (χ4v) is 1.65. The molecule has 0 bridgehead atoms. The number of nitrogens with zero attached hydrogens (tertiary/aromatic N) is 2. The monoisotopic (exact) mass is 239 g/mol. The van der Waals surface area contributed by atoms with Crippen LogP contribution in [0.1, 0.15) is 0 Å². The van der Waals surface area contributed by atoms with Crippen LogP contribution in [0.15, 0.2) is 28.0 Å². The van der Waals surface area contributed by atoms with Crippen molar-refractivity contribution in [2.45, 2.75) is 5.16 Å². The molecule has 0 fully saturated rings. The van der Waals surface area contributed by atoms with E-state index in [9.17, 15) is 4.79 Å².